The van der Waals surface area contributed by atoms with Gasteiger partial charge in [0.2, 0.25) is 0 Å². The van der Waals surface area contributed by atoms with Crippen molar-refractivity contribution >= 4 is 74.8 Å². The number of nitrogens with two attached hydrogens (primary N) is 3. The maximum Gasteiger partial charge on any atom is 0.263 e. The number of nitrogens with zero attached hydrogens (tertiary/aromatic N) is 5. The average molecular weight is 872 g/mol. The van der Waals surface area contributed by atoms with Crippen LogP contribution >= 0.6 is 45.3 Å². The van der Waals surface area contributed by atoms with Crippen molar-refractivity contribution in [1.82, 2.24) is 35.9 Å². The van der Waals surface area contributed by atoms with Crippen LogP contribution in [-0.2, 0) is 6.42 Å². The zero-order chi connectivity index (χ0) is 42.8. The first-order valence-electron chi connectivity index (χ1n) is 19.5. The third kappa shape index (κ3) is 12.2. The fourth-order valence-corrected chi connectivity index (χ4v) is 10.4. The van der Waals surface area contributed by atoms with E-state index in [1.165, 1.54) is 45.3 Å². The van der Waals surface area contributed by atoms with Crippen molar-refractivity contribution in [3.63, 3.8) is 0 Å². The fourth-order valence-electron chi connectivity index (χ4n) is 6.47. The number of aryl methyl sites for hydroxylation is 3. The predicted molar refractivity (Wildman–Crippen MR) is 234 cm³/mol. The second-order valence-corrected chi connectivity index (χ2v) is 19.4. The van der Waals surface area contributed by atoms with E-state index in [0.717, 1.165) is 17.1 Å². The molecule has 0 unspecified atom stereocenters. The van der Waals surface area contributed by atoms with Gasteiger partial charge >= 0.3 is 0 Å². The van der Waals surface area contributed by atoms with Crippen LogP contribution in [0.2, 0.25) is 0 Å². The van der Waals surface area contributed by atoms with E-state index in [1.54, 1.807) is 26.3 Å². The molecule has 0 saturated carbocycles. The van der Waals surface area contributed by atoms with Crippen molar-refractivity contribution in [2.45, 2.75) is 118 Å². The number of carbonyl (C=O) groups excluding carboxylic acids is 4. The third-order valence-corrected chi connectivity index (χ3v) is 13.1. The van der Waals surface area contributed by atoms with Gasteiger partial charge in [0.05, 0.1) is 66.3 Å². The van der Waals surface area contributed by atoms with Gasteiger partial charge in [-0.2, -0.15) is 0 Å². The topological polar surface area (TPSA) is 246 Å². The number of rotatable bonds is 21. The summed E-state index contributed by atoms with van der Waals surface area (Å²) in [7, 11) is 0. The molecular formula is C39H57N11O4S4. The average Bonchev–Trinajstić information content (AvgIpc) is 3.96. The van der Waals surface area contributed by atoms with Crippen LogP contribution in [0.5, 0.6) is 0 Å². The molecule has 316 valence electrons. The number of aliphatic imine (C=N–C) groups is 1. The van der Waals surface area contributed by atoms with E-state index in [-0.39, 0.29) is 29.5 Å². The second kappa shape index (κ2) is 21.2. The Bertz CT molecular complexity index is 2080. The van der Waals surface area contributed by atoms with Crippen molar-refractivity contribution in [3.05, 3.63) is 62.8 Å². The highest BCUT2D eigenvalue weighted by Gasteiger charge is 2.31. The van der Waals surface area contributed by atoms with Gasteiger partial charge in [-0.25, -0.2) is 19.9 Å². The number of hydrogen-bond donors (Lipinski definition) is 6. The number of ketones is 1. The molecule has 0 radical (unpaired) electrons. The Morgan fingerprint density at radius 3 is 1.88 bits per heavy atom. The molecule has 4 rings (SSSR count). The van der Waals surface area contributed by atoms with Gasteiger partial charge in [-0.3, -0.25) is 24.2 Å². The molecule has 0 aliphatic carbocycles. The van der Waals surface area contributed by atoms with Crippen LogP contribution in [-0.4, -0.2) is 62.5 Å². The minimum Gasteiger partial charge on any atom is -0.370 e. The Hall–Kier alpha value is -4.17. The summed E-state index contributed by atoms with van der Waals surface area (Å²) in [5.41, 5.74) is 20.7. The summed E-state index contributed by atoms with van der Waals surface area (Å²) >= 11 is 5.07. The van der Waals surface area contributed by atoms with Crippen LogP contribution < -0.4 is 33.2 Å². The molecule has 0 saturated heterocycles. The molecule has 58 heavy (non-hydrogen) atoms. The Labute approximate surface area is 356 Å². The Balaban J connectivity index is 1.62. The van der Waals surface area contributed by atoms with Crippen LogP contribution in [0.3, 0.4) is 0 Å². The first-order chi connectivity index (χ1) is 27.4. The molecule has 15 nitrogen and oxygen atoms in total. The zero-order valence-corrected chi connectivity index (χ0v) is 38.0. The van der Waals surface area contributed by atoms with Crippen molar-refractivity contribution < 1.29 is 19.2 Å². The van der Waals surface area contributed by atoms with Gasteiger partial charge in [0.25, 0.3) is 17.7 Å². The number of thiazole rings is 4. The van der Waals surface area contributed by atoms with Gasteiger partial charge in [0.15, 0.2) is 11.7 Å². The molecule has 19 heteroatoms. The van der Waals surface area contributed by atoms with Gasteiger partial charge in [-0.1, -0.05) is 34.6 Å². The van der Waals surface area contributed by atoms with Crippen LogP contribution in [0.15, 0.2) is 10.5 Å². The number of nitrogens with one attached hydrogen (secondary N) is 3. The molecule has 0 bridgehead atoms. The summed E-state index contributed by atoms with van der Waals surface area (Å²) in [4.78, 5) is 79.7. The Kier molecular flexibility index (Phi) is 17.0. The lowest BCUT2D eigenvalue weighted by Crippen LogP contribution is -2.33. The summed E-state index contributed by atoms with van der Waals surface area (Å²) in [5.74, 6) is -0.893. The molecular weight excluding hydrogens is 815 g/mol. The number of guanidine groups is 1. The molecule has 0 spiro atoms. The van der Waals surface area contributed by atoms with Crippen molar-refractivity contribution in [2.24, 2.45) is 34.0 Å². The summed E-state index contributed by atoms with van der Waals surface area (Å²) in [6.07, 6.45) is 3.02. The Morgan fingerprint density at radius 2 is 1.29 bits per heavy atom. The number of Topliss-reactive ketones (excluding diaryl/α,β-unsaturated/α-hetero) is 1. The van der Waals surface area contributed by atoms with E-state index >= 15 is 0 Å². The predicted octanol–water partition coefficient (Wildman–Crippen LogP) is 6.52. The quantitative estimate of drug-likeness (QED) is 0.0228. The molecule has 4 aromatic rings. The van der Waals surface area contributed by atoms with Crippen LogP contribution in [0.4, 0.5) is 0 Å². The molecule has 4 heterocycles. The number of aromatic nitrogens is 4. The largest absolute Gasteiger partial charge is 0.370 e. The first-order valence-corrected chi connectivity index (χ1v) is 22.8. The number of hydrogen-bond acceptors (Lipinski definition) is 14. The lowest BCUT2D eigenvalue weighted by atomic mass is 9.95. The lowest BCUT2D eigenvalue weighted by Gasteiger charge is -2.20. The van der Waals surface area contributed by atoms with Crippen molar-refractivity contribution in [1.29, 1.82) is 0 Å². The smallest absolute Gasteiger partial charge is 0.263 e. The molecule has 3 amide bonds. The summed E-state index contributed by atoms with van der Waals surface area (Å²) in [6, 6.07) is -1.91. The molecule has 9 N–H and O–H groups in total. The summed E-state index contributed by atoms with van der Waals surface area (Å²) in [5, 5.41) is 11.3. The molecule has 0 aliphatic heterocycles. The first kappa shape index (κ1) is 46.5. The minimum atomic E-state index is -0.696. The van der Waals surface area contributed by atoms with Crippen molar-refractivity contribution in [3.8, 4) is 0 Å². The van der Waals surface area contributed by atoms with Gasteiger partial charge in [-0.05, 0) is 65.8 Å². The SMILES string of the molecule is Cc1nc([C@H](C)NC(=O)c2sc(CCCN)nc2[C@H](C)NC(=O)c2sc(C)nc2[C@H](CCCN=C(N)N)NC(=O)c2scnc2[C@H](C)CC(C)C)c(C(=O)C(C)C)s1. The molecule has 0 fully saturated rings. The monoisotopic (exact) mass is 871 g/mol. The molecule has 4 aromatic heterocycles. The molecule has 0 aromatic carbocycles. The lowest BCUT2D eigenvalue weighted by molar-refractivity contribution is 0.0915. The number of amides is 3. The minimum absolute atomic E-state index is 0.0293. The standard InChI is InChI=1S/C39H57N11O4S4/c1-18(2)16-20(5)27-33(55-17-44-27)36(52)49-25(12-11-15-43-39(41)42)30-35(57-24(9)48-30)38(54)46-22(7)29-34(58-26(50-29)13-10-14-40)37(53)45-21(6)28-32(31(51)19(3)4)56-23(8)47-28/h17-22,25H,10-16,40H2,1-9H3,(H,45,53)(H,46,54)(H,49,52)(H4,41,42,43)/t20-,21+,22+,25+/m1/s1. The van der Waals surface area contributed by atoms with Crippen LogP contribution in [0.1, 0.15) is 175 Å². The molecule has 0 aliphatic rings. The van der Waals surface area contributed by atoms with Gasteiger partial charge < -0.3 is 33.2 Å². The van der Waals surface area contributed by atoms with E-state index < -0.39 is 29.9 Å². The summed E-state index contributed by atoms with van der Waals surface area (Å²) < 4.78 is 0. The highest BCUT2D eigenvalue weighted by Crippen LogP contribution is 2.33. The van der Waals surface area contributed by atoms with Crippen LogP contribution in [0, 0.1) is 25.7 Å². The van der Waals surface area contributed by atoms with Gasteiger partial charge in [0.1, 0.15) is 14.6 Å². The highest BCUT2D eigenvalue weighted by molar-refractivity contribution is 7.14. The third-order valence-electron chi connectivity index (χ3n) is 9.16. The van der Waals surface area contributed by atoms with E-state index in [0.29, 0.717) is 91.3 Å². The van der Waals surface area contributed by atoms with E-state index in [9.17, 15) is 19.2 Å². The van der Waals surface area contributed by atoms with Gasteiger partial charge in [0, 0.05) is 24.8 Å². The molecule has 4 atom stereocenters. The highest BCUT2D eigenvalue weighted by atomic mass is 32.1. The summed E-state index contributed by atoms with van der Waals surface area (Å²) in [6.45, 7) is 18.0. The zero-order valence-electron chi connectivity index (χ0n) is 34.7. The maximum atomic E-state index is 14.2. The normalized spacial score (nSPS) is 13.6. The van der Waals surface area contributed by atoms with E-state index in [4.69, 9.17) is 27.2 Å². The second-order valence-electron chi connectivity index (χ2n) is 15.1. The number of carbonyl (C=O) groups is 4. The van der Waals surface area contributed by atoms with Crippen LogP contribution in [0.25, 0.3) is 0 Å². The van der Waals surface area contributed by atoms with E-state index in [2.05, 4.69) is 51.7 Å². The van der Waals surface area contributed by atoms with Crippen molar-refractivity contribution in [2.75, 3.05) is 13.1 Å². The van der Waals surface area contributed by atoms with Gasteiger partial charge in [-0.15, -0.1) is 45.3 Å². The Morgan fingerprint density at radius 1 is 0.724 bits per heavy atom. The maximum absolute atomic E-state index is 14.2. The van der Waals surface area contributed by atoms with E-state index in [1.807, 2.05) is 20.8 Å². The fraction of sp³-hybridized carbons (Fsp3) is 0.564.